The molecule has 2 heterocycles. The first kappa shape index (κ1) is 20.5. The van der Waals surface area contributed by atoms with Crippen LogP contribution < -0.4 is 4.74 Å². The normalized spacial score (nSPS) is 10.6. The number of ketones is 1. The fraction of sp³-hybridized carbons (Fsp3) is 0.0909. The molecule has 0 saturated heterocycles. The summed E-state index contributed by atoms with van der Waals surface area (Å²) in [5.74, 6) is 0.183. The average Bonchev–Trinajstić information content (AvgIpc) is 3.49. The molecule has 0 atom stereocenters. The molecule has 0 aliphatic carbocycles. The Morgan fingerprint density at radius 3 is 2.55 bits per heavy atom. The molecular formula is C22H16BrN3O5. The topological polar surface area (TPSA) is 96.5 Å². The van der Waals surface area contributed by atoms with Crippen molar-refractivity contribution in [3.05, 3.63) is 83.2 Å². The van der Waals surface area contributed by atoms with E-state index >= 15 is 0 Å². The third-order valence-corrected chi connectivity index (χ3v) is 4.96. The number of aromatic nitrogens is 3. The Morgan fingerprint density at radius 2 is 1.81 bits per heavy atom. The van der Waals surface area contributed by atoms with Gasteiger partial charge in [-0.2, -0.15) is 0 Å². The van der Waals surface area contributed by atoms with Crippen LogP contribution >= 0.6 is 15.9 Å². The maximum absolute atomic E-state index is 12.4. The Kier molecular flexibility index (Phi) is 6.23. The summed E-state index contributed by atoms with van der Waals surface area (Å²) in [5.41, 5.74) is 1.80. The number of ether oxygens (including phenoxy) is 2. The number of carbonyl (C=O) groups excluding carboxylic acids is 2. The number of nitrogens with zero attached hydrogens (tertiary/aromatic N) is 3. The lowest BCUT2D eigenvalue weighted by Crippen LogP contribution is -2.19. The number of esters is 1. The van der Waals surface area contributed by atoms with Gasteiger partial charge in [0.15, 0.2) is 24.8 Å². The van der Waals surface area contributed by atoms with Crippen molar-refractivity contribution in [1.82, 2.24) is 15.0 Å². The molecule has 2 aromatic heterocycles. The van der Waals surface area contributed by atoms with Crippen LogP contribution in [0.25, 0.3) is 17.1 Å². The molecule has 0 bridgehead atoms. The summed E-state index contributed by atoms with van der Waals surface area (Å²) in [6.45, 7) is -0.671. The Labute approximate surface area is 185 Å². The Balaban J connectivity index is 1.33. The number of rotatable bonds is 8. The number of halogens is 1. The van der Waals surface area contributed by atoms with Gasteiger partial charge in [-0.15, -0.1) is 5.10 Å². The summed E-state index contributed by atoms with van der Waals surface area (Å²) in [4.78, 5) is 24.2. The van der Waals surface area contributed by atoms with E-state index in [4.69, 9.17) is 13.9 Å². The van der Waals surface area contributed by atoms with Crippen LogP contribution in [0.2, 0.25) is 0 Å². The number of para-hydroxylation sites is 1. The Bertz CT molecular complexity index is 1190. The van der Waals surface area contributed by atoms with Gasteiger partial charge in [-0.3, -0.25) is 4.79 Å². The summed E-state index contributed by atoms with van der Waals surface area (Å²) < 4.78 is 18.1. The van der Waals surface area contributed by atoms with Crippen molar-refractivity contribution < 1.29 is 23.5 Å². The van der Waals surface area contributed by atoms with E-state index in [-0.39, 0.29) is 19.0 Å². The first-order chi connectivity index (χ1) is 15.1. The number of hydrogen-bond donors (Lipinski definition) is 0. The van der Waals surface area contributed by atoms with E-state index in [2.05, 4.69) is 26.2 Å². The number of hydrogen-bond acceptors (Lipinski definition) is 7. The minimum atomic E-state index is -0.633. The molecule has 31 heavy (non-hydrogen) atoms. The molecule has 156 valence electrons. The fourth-order valence-corrected chi connectivity index (χ4v) is 3.18. The van der Waals surface area contributed by atoms with Crippen LogP contribution in [-0.2, 0) is 9.53 Å². The molecule has 0 unspecified atom stereocenters. The Morgan fingerprint density at radius 1 is 1.00 bits per heavy atom. The van der Waals surface area contributed by atoms with Crippen LogP contribution in [-0.4, -0.2) is 40.0 Å². The summed E-state index contributed by atoms with van der Waals surface area (Å²) in [6.07, 6.45) is 3.16. The largest absolute Gasteiger partial charge is 0.481 e. The maximum Gasteiger partial charge on any atom is 0.344 e. The van der Waals surface area contributed by atoms with Crippen molar-refractivity contribution in [2.24, 2.45) is 0 Å². The van der Waals surface area contributed by atoms with Gasteiger partial charge in [0.25, 0.3) is 0 Å². The molecule has 0 aliphatic heterocycles. The summed E-state index contributed by atoms with van der Waals surface area (Å²) in [7, 11) is 0. The van der Waals surface area contributed by atoms with Crippen LogP contribution in [0, 0.1) is 0 Å². The van der Waals surface area contributed by atoms with Crippen molar-refractivity contribution in [1.29, 1.82) is 0 Å². The van der Waals surface area contributed by atoms with Crippen LogP contribution in [0.5, 0.6) is 5.75 Å². The summed E-state index contributed by atoms with van der Waals surface area (Å²) in [6, 6.07) is 17.4. The highest BCUT2D eigenvalue weighted by Gasteiger charge is 2.14. The standard InChI is InChI=1S/C22H16BrN3O5/c23-17-4-1-2-5-20(17)30-14-22(28)31-13-19(27)15-7-9-16(10-8-15)26-18(12-24-25-26)21-6-3-11-29-21/h1-12H,13-14H2. The van der Waals surface area contributed by atoms with Gasteiger partial charge in [0.1, 0.15) is 11.4 Å². The highest BCUT2D eigenvalue weighted by molar-refractivity contribution is 9.10. The predicted octanol–water partition coefficient (Wildman–Crippen LogP) is 4.09. The first-order valence-electron chi connectivity index (χ1n) is 9.23. The lowest BCUT2D eigenvalue weighted by atomic mass is 10.1. The van der Waals surface area contributed by atoms with Gasteiger partial charge in [-0.25, -0.2) is 9.48 Å². The molecule has 4 aromatic rings. The monoisotopic (exact) mass is 481 g/mol. The zero-order valence-electron chi connectivity index (χ0n) is 16.1. The predicted molar refractivity (Wildman–Crippen MR) is 114 cm³/mol. The van der Waals surface area contributed by atoms with Gasteiger partial charge in [0.2, 0.25) is 0 Å². The third-order valence-electron chi connectivity index (χ3n) is 4.30. The van der Waals surface area contributed by atoms with E-state index in [0.717, 1.165) is 4.47 Å². The van der Waals surface area contributed by atoms with E-state index in [1.807, 2.05) is 12.1 Å². The van der Waals surface area contributed by atoms with Gasteiger partial charge in [0.05, 0.1) is 22.6 Å². The molecule has 0 fully saturated rings. The first-order valence-corrected chi connectivity index (χ1v) is 10.0. The molecular weight excluding hydrogens is 466 g/mol. The smallest absolute Gasteiger partial charge is 0.344 e. The average molecular weight is 482 g/mol. The molecule has 0 N–H and O–H groups in total. The molecule has 2 aromatic carbocycles. The highest BCUT2D eigenvalue weighted by Crippen LogP contribution is 2.24. The van der Waals surface area contributed by atoms with Crippen molar-refractivity contribution in [3.63, 3.8) is 0 Å². The second-order valence-corrected chi connectivity index (χ2v) is 7.21. The molecule has 0 saturated carbocycles. The third kappa shape index (κ3) is 4.89. The molecule has 0 amide bonds. The second-order valence-electron chi connectivity index (χ2n) is 6.36. The van der Waals surface area contributed by atoms with Gasteiger partial charge in [0, 0.05) is 5.56 Å². The minimum Gasteiger partial charge on any atom is -0.481 e. The van der Waals surface area contributed by atoms with Crippen molar-refractivity contribution in [2.45, 2.75) is 0 Å². The number of benzene rings is 2. The molecule has 9 heteroatoms. The maximum atomic E-state index is 12.4. The van der Waals surface area contributed by atoms with Crippen LogP contribution in [0.3, 0.4) is 0 Å². The van der Waals surface area contributed by atoms with Crippen LogP contribution in [0.15, 0.2) is 82.0 Å². The quantitative estimate of drug-likeness (QED) is 0.276. The zero-order valence-corrected chi connectivity index (χ0v) is 17.7. The lowest BCUT2D eigenvalue weighted by Gasteiger charge is -2.08. The highest BCUT2D eigenvalue weighted by atomic mass is 79.9. The molecule has 4 rings (SSSR count). The van der Waals surface area contributed by atoms with Gasteiger partial charge in [-0.05, 0) is 64.5 Å². The van der Waals surface area contributed by atoms with Crippen LogP contribution in [0.4, 0.5) is 0 Å². The Hall–Kier alpha value is -3.72. The molecule has 0 spiro atoms. The van der Waals surface area contributed by atoms with Crippen molar-refractivity contribution in [3.8, 4) is 22.9 Å². The van der Waals surface area contributed by atoms with E-state index < -0.39 is 5.97 Å². The molecule has 8 nitrogen and oxygen atoms in total. The lowest BCUT2D eigenvalue weighted by molar-refractivity contribution is -0.144. The van der Waals surface area contributed by atoms with Crippen molar-refractivity contribution >= 4 is 27.7 Å². The number of carbonyl (C=O) groups is 2. The fourth-order valence-electron chi connectivity index (χ4n) is 2.78. The van der Waals surface area contributed by atoms with Crippen molar-refractivity contribution in [2.75, 3.05) is 13.2 Å². The van der Waals surface area contributed by atoms with Crippen LogP contribution in [0.1, 0.15) is 10.4 Å². The SMILES string of the molecule is O=C(COc1ccccc1Br)OCC(=O)c1ccc(-n2nncc2-c2ccco2)cc1. The summed E-state index contributed by atoms with van der Waals surface area (Å²) >= 11 is 3.33. The van der Waals surface area contributed by atoms with E-state index in [1.54, 1.807) is 65.7 Å². The summed E-state index contributed by atoms with van der Waals surface area (Å²) in [5, 5.41) is 7.98. The minimum absolute atomic E-state index is 0.295. The zero-order chi connectivity index (χ0) is 21.6. The number of Topliss-reactive ketones (excluding diaryl/α,β-unsaturated/α-hetero) is 1. The molecule has 0 radical (unpaired) electrons. The van der Waals surface area contributed by atoms with Gasteiger partial charge >= 0.3 is 5.97 Å². The molecule has 0 aliphatic rings. The van der Waals surface area contributed by atoms with E-state index in [0.29, 0.717) is 28.5 Å². The van der Waals surface area contributed by atoms with E-state index in [1.165, 1.54) is 0 Å². The number of furan rings is 1. The van der Waals surface area contributed by atoms with Gasteiger partial charge < -0.3 is 13.9 Å². The van der Waals surface area contributed by atoms with Gasteiger partial charge in [-0.1, -0.05) is 17.3 Å². The van der Waals surface area contributed by atoms with E-state index in [9.17, 15) is 9.59 Å². The second kappa shape index (κ2) is 9.40.